The monoisotopic (exact) mass is 210 g/mol. The predicted octanol–water partition coefficient (Wildman–Crippen LogP) is 2.85. The lowest BCUT2D eigenvalue weighted by atomic mass is 9.84. The van der Waals surface area contributed by atoms with Crippen molar-refractivity contribution < 1.29 is 9.90 Å². The molecule has 0 fully saturated rings. The standard InChI is InChI=1S/C13H22O2/c1-13(2,15)9-5-8-11-6-3-4-7-12(11)10-14/h7,10-11,15H,3-6,8-9H2,1-2H3. The third kappa shape index (κ3) is 4.61. The summed E-state index contributed by atoms with van der Waals surface area (Å²) in [4.78, 5) is 10.8. The molecule has 86 valence electrons. The normalized spacial score (nSPS) is 22.3. The Hall–Kier alpha value is -0.630. The zero-order valence-electron chi connectivity index (χ0n) is 9.83. The van der Waals surface area contributed by atoms with Gasteiger partial charge in [-0.2, -0.15) is 0 Å². The molecule has 15 heavy (non-hydrogen) atoms. The van der Waals surface area contributed by atoms with E-state index < -0.39 is 5.60 Å². The average molecular weight is 210 g/mol. The molecule has 1 N–H and O–H groups in total. The van der Waals surface area contributed by atoms with Crippen molar-refractivity contribution in [3.05, 3.63) is 11.6 Å². The van der Waals surface area contributed by atoms with Gasteiger partial charge in [-0.25, -0.2) is 0 Å². The van der Waals surface area contributed by atoms with Crippen LogP contribution in [0, 0.1) is 5.92 Å². The first-order valence-corrected chi connectivity index (χ1v) is 5.90. The largest absolute Gasteiger partial charge is 0.390 e. The number of carbonyl (C=O) groups is 1. The van der Waals surface area contributed by atoms with Crippen molar-refractivity contribution in [2.24, 2.45) is 5.92 Å². The first-order chi connectivity index (χ1) is 7.03. The van der Waals surface area contributed by atoms with Crippen LogP contribution < -0.4 is 0 Å². The van der Waals surface area contributed by atoms with Gasteiger partial charge < -0.3 is 5.11 Å². The van der Waals surface area contributed by atoms with E-state index >= 15 is 0 Å². The van der Waals surface area contributed by atoms with E-state index in [1.54, 1.807) is 0 Å². The van der Waals surface area contributed by atoms with Gasteiger partial charge in [0.05, 0.1) is 5.60 Å². The molecule has 1 unspecified atom stereocenters. The molecule has 2 heteroatoms. The van der Waals surface area contributed by atoms with E-state index in [9.17, 15) is 9.90 Å². The van der Waals surface area contributed by atoms with Crippen LogP contribution in [0.1, 0.15) is 52.4 Å². The molecule has 0 saturated carbocycles. The fraction of sp³-hybridized carbons (Fsp3) is 0.769. The molecule has 0 radical (unpaired) electrons. The summed E-state index contributed by atoms with van der Waals surface area (Å²) in [7, 11) is 0. The SMILES string of the molecule is CC(C)(O)CCCC1CCCC=C1C=O. The number of aldehydes is 1. The van der Waals surface area contributed by atoms with Crippen molar-refractivity contribution in [2.75, 3.05) is 0 Å². The van der Waals surface area contributed by atoms with E-state index in [-0.39, 0.29) is 0 Å². The van der Waals surface area contributed by atoms with Crippen molar-refractivity contribution in [2.45, 2.75) is 58.0 Å². The Morgan fingerprint density at radius 3 is 2.93 bits per heavy atom. The Morgan fingerprint density at radius 2 is 2.33 bits per heavy atom. The summed E-state index contributed by atoms with van der Waals surface area (Å²) in [6.45, 7) is 3.68. The van der Waals surface area contributed by atoms with E-state index in [2.05, 4.69) is 6.08 Å². The van der Waals surface area contributed by atoms with Crippen molar-refractivity contribution in [3.63, 3.8) is 0 Å². The second kappa shape index (κ2) is 5.45. The van der Waals surface area contributed by atoms with E-state index in [1.165, 1.54) is 6.42 Å². The van der Waals surface area contributed by atoms with Crippen LogP contribution in [0.15, 0.2) is 11.6 Å². The van der Waals surface area contributed by atoms with Gasteiger partial charge in [0.1, 0.15) is 6.29 Å². The molecular weight excluding hydrogens is 188 g/mol. The minimum absolute atomic E-state index is 0.443. The molecule has 0 spiro atoms. The molecule has 0 amide bonds. The van der Waals surface area contributed by atoms with Crippen LogP contribution in [-0.2, 0) is 4.79 Å². The summed E-state index contributed by atoms with van der Waals surface area (Å²) in [5.74, 6) is 0.443. The van der Waals surface area contributed by atoms with Crippen LogP contribution in [0.5, 0.6) is 0 Å². The highest BCUT2D eigenvalue weighted by Gasteiger charge is 2.18. The molecule has 0 aromatic carbocycles. The van der Waals surface area contributed by atoms with Crippen molar-refractivity contribution in [1.82, 2.24) is 0 Å². The molecule has 0 aliphatic heterocycles. The summed E-state index contributed by atoms with van der Waals surface area (Å²) in [6, 6.07) is 0. The van der Waals surface area contributed by atoms with Gasteiger partial charge in [-0.05, 0) is 57.4 Å². The molecule has 0 heterocycles. The van der Waals surface area contributed by atoms with Gasteiger partial charge in [0.15, 0.2) is 0 Å². The van der Waals surface area contributed by atoms with E-state index in [0.29, 0.717) is 5.92 Å². The van der Waals surface area contributed by atoms with Gasteiger partial charge >= 0.3 is 0 Å². The predicted molar refractivity (Wildman–Crippen MR) is 61.6 cm³/mol. The van der Waals surface area contributed by atoms with Gasteiger partial charge in [-0.1, -0.05) is 12.5 Å². The average Bonchev–Trinajstić information content (AvgIpc) is 2.16. The molecule has 2 nitrogen and oxygen atoms in total. The lowest BCUT2D eigenvalue weighted by molar-refractivity contribution is -0.105. The fourth-order valence-electron chi connectivity index (χ4n) is 2.20. The van der Waals surface area contributed by atoms with Crippen LogP contribution in [0.3, 0.4) is 0 Å². The topological polar surface area (TPSA) is 37.3 Å². The Labute approximate surface area is 92.4 Å². The molecule has 0 aromatic heterocycles. The van der Waals surface area contributed by atoms with Crippen LogP contribution in [0.25, 0.3) is 0 Å². The Bertz CT molecular complexity index is 235. The van der Waals surface area contributed by atoms with Crippen molar-refractivity contribution in [3.8, 4) is 0 Å². The maximum absolute atomic E-state index is 10.8. The Morgan fingerprint density at radius 1 is 1.60 bits per heavy atom. The van der Waals surface area contributed by atoms with Gasteiger partial charge in [-0.15, -0.1) is 0 Å². The number of carbonyl (C=O) groups excluding carboxylic acids is 1. The number of aliphatic hydroxyl groups is 1. The lowest BCUT2D eigenvalue weighted by Gasteiger charge is -2.23. The third-order valence-electron chi connectivity index (χ3n) is 3.09. The number of rotatable bonds is 5. The highest BCUT2D eigenvalue weighted by atomic mass is 16.3. The summed E-state index contributed by atoms with van der Waals surface area (Å²) in [5.41, 5.74) is 0.414. The van der Waals surface area contributed by atoms with Crippen LogP contribution in [0.4, 0.5) is 0 Å². The molecular formula is C13H22O2. The first kappa shape index (κ1) is 12.4. The van der Waals surface area contributed by atoms with Crippen LogP contribution in [-0.4, -0.2) is 17.0 Å². The second-order valence-corrected chi connectivity index (χ2v) is 5.15. The fourth-order valence-corrected chi connectivity index (χ4v) is 2.20. The molecule has 1 aliphatic carbocycles. The number of hydrogen-bond acceptors (Lipinski definition) is 2. The maximum Gasteiger partial charge on any atom is 0.145 e. The minimum atomic E-state index is -0.570. The van der Waals surface area contributed by atoms with Crippen molar-refractivity contribution >= 4 is 6.29 Å². The van der Waals surface area contributed by atoms with Gasteiger partial charge in [-0.3, -0.25) is 4.79 Å². The quantitative estimate of drug-likeness (QED) is 0.708. The van der Waals surface area contributed by atoms with Crippen LogP contribution in [0.2, 0.25) is 0 Å². The van der Waals surface area contributed by atoms with E-state index in [4.69, 9.17) is 0 Å². The zero-order chi connectivity index (χ0) is 11.3. The molecule has 1 atom stereocenters. The maximum atomic E-state index is 10.8. The Balaban J connectivity index is 2.34. The first-order valence-electron chi connectivity index (χ1n) is 5.90. The summed E-state index contributed by atoms with van der Waals surface area (Å²) >= 11 is 0. The second-order valence-electron chi connectivity index (χ2n) is 5.15. The lowest BCUT2D eigenvalue weighted by Crippen LogP contribution is -2.19. The summed E-state index contributed by atoms with van der Waals surface area (Å²) in [5, 5.41) is 9.59. The minimum Gasteiger partial charge on any atom is -0.390 e. The highest BCUT2D eigenvalue weighted by molar-refractivity contribution is 5.74. The zero-order valence-corrected chi connectivity index (χ0v) is 9.83. The Kier molecular flexibility index (Phi) is 4.52. The highest BCUT2D eigenvalue weighted by Crippen LogP contribution is 2.28. The summed E-state index contributed by atoms with van der Waals surface area (Å²) in [6.07, 6.45) is 9.32. The smallest absolute Gasteiger partial charge is 0.145 e. The number of hydrogen-bond donors (Lipinski definition) is 1. The van der Waals surface area contributed by atoms with E-state index in [0.717, 1.165) is 44.0 Å². The molecule has 0 bridgehead atoms. The third-order valence-corrected chi connectivity index (χ3v) is 3.09. The molecule has 1 aliphatic rings. The van der Waals surface area contributed by atoms with Crippen molar-refractivity contribution in [1.29, 1.82) is 0 Å². The van der Waals surface area contributed by atoms with Gasteiger partial charge in [0.25, 0.3) is 0 Å². The molecule has 1 rings (SSSR count). The van der Waals surface area contributed by atoms with Crippen LogP contribution >= 0.6 is 0 Å². The summed E-state index contributed by atoms with van der Waals surface area (Å²) < 4.78 is 0. The molecule has 0 aromatic rings. The van der Waals surface area contributed by atoms with E-state index in [1.807, 2.05) is 13.8 Å². The molecule has 0 saturated heterocycles. The van der Waals surface area contributed by atoms with Gasteiger partial charge in [0, 0.05) is 0 Å². The van der Waals surface area contributed by atoms with Gasteiger partial charge in [0.2, 0.25) is 0 Å². The number of allylic oxidation sites excluding steroid dienone is 2.